The molecule has 33 heavy (non-hydrogen) atoms. The lowest BCUT2D eigenvalue weighted by Crippen LogP contribution is -2.50. The van der Waals surface area contributed by atoms with Crippen molar-refractivity contribution < 1.29 is 18.7 Å². The Bertz CT molecular complexity index is 1370. The van der Waals surface area contributed by atoms with Gasteiger partial charge in [-0.3, -0.25) is 4.79 Å². The summed E-state index contributed by atoms with van der Waals surface area (Å²) in [6.45, 7) is -0.652. The highest BCUT2D eigenvalue weighted by atomic mass is 19.1. The summed E-state index contributed by atoms with van der Waals surface area (Å²) in [7, 11) is 0. The molecule has 7 heteroatoms. The van der Waals surface area contributed by atoms with Crippen LogP contribution in [-0.4, -0.2) is 22.4 Å². The van der Waals surface area contributed by atoms with E-state index in [2.05, 4.69) is 5.32 Å². The number of amides is 1. The molecule has 1 saturated carbocycles. The molecule has 0 spiro atoms. The minimum absolute atomic E-state index is 0.0170. The molecule has 0 aliphatic heterocycles. The first kappa shape index (κ1) is 21.0. The Morgan fingerprint density at radius 1 is 1.06 bits per heavy atom. The van der Waals surface area contributed by atoms with E-state index in [1.165, 1.54) is 4.57 Å². The number of furan rings is 1. The largest absolute Gasteiger partial charge is 0.465 e. The second-order valence-electron chi connectivity index (χ2n) is 8.36. The highest BCUT2D eigenvalue weighted by Gasteiger charge is 2.40. The molecule has 168 valence electrons. The number of hydrogen-bond acceptors (Lipinski definition) is 3. The fourth-order valence-electron chi connectivity index (χ4n) is 4.66. The minimum atomic E-state index is -1.04. The average Bonchev–Trinajstić information content (AvgIpc) is 3.19. The molecule has 0 radical (unpaired) electrons. The molecule has 0 unspecified atom stereocenters. The van der Waals surface area contributed by atoms with Crippen LogP contribution >= 0.6 is 0 Å². The first-order valence-corrected chi connectivity index (χ1v) is 10.9. The number of benzene rings is 2. The summed E-state index contributed by atoms with van der Waals surface area (Å²) < 4.78 is 20.5. The van der Waals surface area contributed by atoms with E-state index in [0.717, 1.165) is 36.0 Å². The van der Waals surface area contributed by atoms with Crippen LogP contribution in [0.4, 0.5) is 9.18 Å². The van der Waals surface area contributed by atoms with Gasteiger partial charge in [0, 0.05) is 17.3 Å². The van der Waals surface area contributed by atoms with Crippen LogP contribution in [0.3, 0.4) is 0 Å². The van der Waals surface area contributed by atoms with E-state index >= 15 is 0 Å². The van der Waals surface area contributed by atoms with Gasteiger partial charge in [0.05, 0.1) is 17.5 Å². The fraction of sp³-hybridized carbons (Fsp3) is 0.231. The molecule has 0 saturated heterocycles. The number of fused-ring (bicyclic) bond motifs is 1. The number of halogens is 1. The third-order valence-electron chi connectivity index (χ3n) is 6.46. The molecule has 0 atom stereocenters. The smallest absolute Gasteiger partial charge is 0.405 e. The van der Waals surface area contributed by atoms with Crippen molar-refractivity contribution in [2.45, 2.75) is 31.3 Å². The van der Waals surface area contributed by atoms with E-state index in [0.29, 0.717) is 22.3 Å². The van der Waals surface area contributed by atoms with Crippen LogP contribution in [0.25, 0.3) is 33.4 Å². The van der Waals surface area contributed by atoms with E-state index in [9.17, 15) is 19.1 Å². The average molecular weight is 446 g/mol. The monoisotopic (exact) mass is 446 g/mol. The number of alkyl halides is 1. The van der Waals surface area contributed by atoms with Gasteiger partial charge in [-0.25, -0.2) is 9.18 Å². The predicted octanol–water partition coefficient (Wildman–Crippen LogP) is 5.54. The molecule has 2 N–H and O–H groups in total. The molecule has 1 aliphatic carbocycles. The Balaban J connectivity index is 1.66. The summed E-state index contributed by atoms with van der Waals surface area (Å²) in [5.74, 6) is 0.548. The van der Waals surface area contributed by atoms with Gasteiger partial charge < -0.3 is 19.4 Å². The molecule has 6 nitrogen and oxygen atoms in total. The number of hydrogen-bond donors (Lipinski definition) is 2. The number of pyridine rings is 1. The molecule has 1 amide bonds. The molecule has 5 rings (SSSR count). The van der Waals surface area contributed by atoms with Crippen molar-refractivity contribution in [2.24, 2.45) is 0 Å². The van der Waals surface area contributed by atoms with Crippen LogP contribution < -0.4 is 10.9 Å². The zero-order valence-corrected chi connectivity index (χ0v) is 17.9. The Hall–Kier alpha value is -3.87. The highest BCUT2D eigenvalue weighted by Crippen LogP contribution is 2.43. The van der Waals surface area contributed by atoms with Crippen molar-refractivity contribution >= 4 is 17.1 Å². The Kier molecular flexibility index (Phi) is 5.24. The Morgan fingerprint density at radius 2 is 1.79 bits per heavy atom. The molecule has 1 fully saturated rings. The van der Waals surface area contributed by atoms with Crippen molar-refractivity contribution in [3.05, 3.63) is 82.8 Å². The van der Waals surface area contributed by atoms with Gasteiger partial charge in [-0.05, 0) is 36.5 Å². The molecule has 4 aromatic rings. The zero-order chi connectivity index (χ0) is 23.0. The quantitative estimate of drug-likeness (QED) is 0.407. The normalized spacial score (nSPS) is 14.7. The SMILES string of the molecule is O=C(O)NC1(c2ccc(-c3oc4ccn(CCF)c(=O)c4c3-c3ccccc3)cc2)CCC1. The van der Waals surface area contributed by atoms with Crippen molar-refractivity contribution in [3.8, 4) is 22.5 Å². The first-order valence-electron chi connectivity index (χ1n) is 10.9. The number of nitrogens with zero attached hydrogens (tertiary/aromatic N) is 1. The maximum Gasteiger partial charge on any atom is 0.405 e. The van der Waals surface area contributed by atoms with Crippen LogP contribution in [0.1, 0.15) is 24.8 Å². The maximum atomic E-state index is 13.2. The first-order chi connectivity index (χ1) is 16.0. The number of carboxylic acid groups (broad SMARTS) is 1. The number of aromatic nitrogens is 1. The third-order valence-corrected chi connectivity index (χ3v) is 6.46. The van der Waals surface area contributed by atoms with Crippen molar-refractivity contribution in [2.75, 3.05) is 6.67 Å². The van der Waals surface area contributed by atoms with Gasteiger partial charge in [0.25, 0.3) is 5.56 Å². The summed E-state index contributed by atoms with van der Waals surface area (Å²) in [5, 5.41) is 12.3. The number of aryl methyl sites for hydroxylation is 1. The molecule has 1 aliphatic rings. The number of nitrogens with one attached hydrogen (secondary N) is 1. The maximum absolute atomic E-state index is 13.2. The van der Waals surface area contributed by atoms with Crippen LogP contribution in [0, 0.1) is 0 Å². The standard InChI is InChI=1S/C26H23FN2O4/c27-14-16-29-15-11-20-22(24(29)30)21(17-5-2-1-3-6-17)23(33-20)18-7-9-19(10-8-18)26(12-4-13-26)28-25(31)32/h1-3,5-11,15,28H,4,12-14,16H2,(H,31,32). The lowest BCUT2D eigenvalue weighted by molar-refractivity contribution is 0.144. The highest BCUT2D eigenvalue weighted by molar-refractivity contribution is 6.01. The van der Waals surface area contributed by atoms with E-state index in [1.54, 1.807) is 12.3 Å². The fourth-order valence-corrected chi connectivity index (χ4v) is 4.66. The molecular weight excluding hydrogens is 423 g/mol. The van der Waals surface area contributed by atoms with Gasteiger partial charge >= 0.3 is 6.09 Å². The molecular formula is C26H23FN2O4. The lowest BCUT2D eigenvalue weighted by atomic mass is 9.72. The van der Waals surface area contributed by atoms with E-state index in [4.69, 9.17) is 4.42 Å². The Morgan fingerprint density at radius 3 is 2.39 bits per heavy atom. The van der Waals surface area contributed by atoms with Gasteiger partial charge in [-0.1, -0.05) is 54.6 Å². The van der Waals surface area contributed by atoms with Crippen LogP contribution in [0.5, 0.6) is 0 Å². The number of carbonyl (C=O) groups is 1. The Labute approximate surface area is 189 Å². The molecule has 0 bridgehead atoms. The third kappa shape index (κ3) is 3.59. The lowest BCUT2D eigenvalue weighted by Gasteiger charge is -2.42. The van der Waals surface area contributed by atoms with Gasteiger partial charge in [0.15, 0.2) is 0 Å². The summed E-state index contributed by atoms with van der Waals surface area (Å²) in [6, 6.07) is 18.8. The van der Waals surface area contributed by atoms with Crippen molar-refractivity contribution in [1.82, 2.24) is 9.88 Å². The molecule has 2 heterocycles. The summed E-state index contributed by atoms with van der Waals surface area (Å²) in [5.41, 5.74) is 2.76. The molecule has 2 aromatic carbocycles. The van der Waals surface area contributed by atoms with Crippen LogP contribution in [0.2, 0.25) is 0 Å². The van der Waals surface area contributed by atoms with Gasteiger partial charge in [-0.15, -0.1) is 0 Å². The summed E-state index contributed by atoms with van der Waals surface area (Å²) in [4.78, 5) is 24.5. The van der Waals surface area contributed by atoms with Crippen molar-refractivity contribution in [3.63, 3.8) is 0 Å². The topological polar surface area (TPSA) is 84.5 Å². The van der Waals surface area contributed by atoms with Gasteiger partial charge in [-0.2, -0.15) is 0 Å². The summed E-state index contributed by atoms with van der Waals surface area (Å²) >= 11 is 0. The predicted molar refractivity (Wildman–Crippen MR) is 124 cm³/mol. The van der Waals surface area contributed by atoms with Crippen molar-refractivity contribution in [1.29, 1.82) is 0 Å². The van der Waals surface area contributed by atoms with E-state index in [-0.39, 0.29) is 12.1 Å². The van der Waals surface area contributed by atoms with E-state index in [1.807, 2.05) is 54.6 Å². The second kappa shape index (κ2) is 8.24. The minimum Gasteiger partial charge on any atom is -0.465 e. The van der Waals surface area contributed by atoms with Crippen LogP contribution in [-0.2, 0) is 12.1 Å². The number of rotatable bonds is 6. The van der Waals surface area contributed by atoms with Crippen LogP contribution in [0.15, 0.2) is 76.1 Å². The van der Waals surface area contributed by atoms with Gasteiger partial charge in [0.1, 0.15) is 18.0 Å². The van der Waals surface area contributed by atoms with Gasteiger partial charge in [0.2, 0.25) is 0 Å². The zero-order valence-electron chi connectivity index (χ0n) is 17.9. The van der Waals surface area contributed by atoms with E-state index < -0.39 is 18.3 Å². The second-order valence-corrected chi connectivity index (χ2v) is 8.36. The molecule has 2 aromatic heterocycles. The summed E-state index contributed by atoms with van der Waals surface area (Å²) in [6.07, 6.45) is 2.99.